The lowest BCUT2D eigenvalue weighted by Crippen LogP contribution is -2.52. The number of carboxylic acid groups (broad SMARTS) is 1. The lowest BCUT2D eigenvalue weighted by atomic mass is 10.1. The minimum Gasteiger partial charge on any atom is -0.480 e. The van der Waals surface area contributed by atoms with Crippen LogP contribution in [-0.2, 0) is 9.53 Å². The molecular weight excluding hydrogens is 321 g/mol. The number of aliphatic carboxylic acids is 1. The topological polar surface area (TPSA) is 89.0 Å². The standard InChI is InChI=1S/C13H13F3N2O5/c14-13(15,16)7-23-10-5-8(1-2-17-10)11(19)18-3-4-22-6-9(18)12(20)21/h1-2,5,9H,3-4,6-7H2,(H,20,21). The highest BCUT2D eigenvalue weighted by Gasteiger charge is 2.33. The maximum atomic E-state index is 12.4. The van der Waals surface area contributed by atoms with E-state index in [-0.39, 0.29) is 31.2 Å². The molecule has 0 aliphatic carbocycles. The first kappa shape index (κ1) is 17.0. The Kier molecular flexibility index (Phi) is 5.04. The van der Waals surface area contributed by atoms with Gasteiger partial charge in [-0.2, -0.15) is 13.2 Å². The summed E-state index contributed by atoms with van der Waals surface area (Å²) in [7, 11) is 0. The Morgan fingerprint density at radius 1 is 1.48 bits per heavy atom. The van der Waals surface area contributed by atoms with Gasteiger partial charge in [-0.1, -0.05) is 0 Å². The van der Waals surface area contributed by atoms with Crippen LogP contribution in [0.1, 0.15) is 10.4 Å². The summed E-state index contributed by atoms with van der Waals surface area (Å²) in [6.45, 7) is -1.44. The summed E-state index contributed by atoms with van der Waals surface area (Å²) in [5, 5.41) is 9.10. The quantitative estimate of drug-likeness (QED) is 0.882. The highest BCUT2D eigenvalue weighted by atomic mass is 19.4. The lowest BCUT2D eigenvalue weighted by Gasteiger charge is -2.32. The summed E-state index contributed by atoms with van der Waals surface area (Å²) in [6.07, 6.45) is -3.41. The van der Waals surface area contributed by atoms with E-state index < -0.39 is 30.7 Å². The monoisotopic (exact) mass is 334 g/mol. The van der Waals surface area contributed by atoms with E-state index in [4.69, 9.17) is 9.84 Å². The number of morpholine rings is 1. The minimum absolute atomic E-state index is 0.00896. The first-order valence-corrected chi connectivity index (χ1v) is 6.55. The van der Waals surface area contributed by atoms with Crippen molar-refractivity contribution in [1.82, 2.24) is 9.88 Å². The third kappa shape index (κ3) is 4.55. The second-order valence-corrected chi connectivity index (χ2v) is 4.71. The SMILES string of the molecule is O=C(O)C1COCCN1C(=O)c1ccnc(OCC(F)(F)F)c1. The zero-order valence-electron chi connectivity index (χ0n) is 11.7. The summed E-state index contributed by atoms with van der Waals surface area (Å²) in [6, 6.07) is 1.17. The molecule has 1 aliphatic heterocycles. The number of hydrogen-bond acceptors (Lipinski definition) is 5. The van der Waals surface area contributed by atoms with Crippen LogP contribution in [0, 0.1) is 0 Å². The molecule has 1 aromatic heterocycles. The zero-order chi connectivity index (χ0) is 17.0. The van der Waals surface area contributed by atoms with Crippen molar-refractivity contribution in [2.45, 2.75) is 12.2 Å². The van der Waals surface area contributed by atoms with Crippen LogP contribution in [0.4, 0.5) is 13.2 Å². The first-order chi connectivity index (χ1) is 10.8. The van der Waals surface area contributed by atoms with E-state index in [1.807, 2.05) is 0 Å². The molecule has 1 N–H and O–H groups in total. The highest BCUT2D eigenvalue weighted by Crippen LogP contribution is 2.19. The van der Waals surface area contributed by atoms with Crippen molar-refractivity contribution in [1.29, 1.82) is 0 Å². The van der Waals surface area contributed by atoms with Crippen molar-refractivity contribution in [2.24, 2.45) is 0 Å². The van der Waals surface area contributed by atoms with Gasteiger partial charge >= 0.3 is 12.1 Å². The molecule has 0 bridgehead atoms. The predicted molar refractivity (Wildman–Crippen MR) is 69.1 cm³/mol. The number of carbonyl (C=O) groups excluding carboxylic acids is 1. The summed E-state index contributed by atoms with van der Waals surface area (Å²) in [5.41, 5.74) is -0.00896. The molecule has 0 spiro atoms. The number of aromatic nitrogens is 1. The van der Waals surface area contributed by atoms with Gasteiger partial charge in [0.1, 0.15) is 0 Å². The van der Waals surface area contributed by atoms with Gasteiger partial charge in [-0.25, -0.2) is 9.78 Å². The van der Waals surface area contributed by atoms with Crippen LogP contribution in [0.3, 0.4) is 0 Å². The number of nitrogens with zero attached hydrogens (tertiary/aromatic N) is 2. The number of pyridine rings is 1. The van der Waals surface area contributed by atoms with Crippen LogP contribution in [-0.4, -0.2) is 65.5 Å². The fourth-order valence-corrected chi connectivity index (χ4v) is 1.99. The number of amides is 1. The van der Waals surface area contributed by atoms with Crippen LogP contribution in [0.15, 0.2) is 18.3 Å². The lowest BCUT2D eigenvalue weighted by molar-refractivity contribution is -0.154. The summed E-state index contributed by atoms with van der Waals surface area (Å²) in [5.74, 6) is -2.23. The van der Waals surface area contributed by atoms with Gasteiger partial charge in [0.2, 0.25) is 5.88 Å². The van der Waals surface area contributed by atoms with Crippen LogP contribution in [0.5, 0.6) is 5.88 Å². The van der Waals surface area contributed by atoms with Crippen LogP contribution < -0.4 is 4.74 Å². The van der Waals surface area contributed by atoms with E-state index in [0.717, 1.165) is 17.2 Å². The Hall–Kier alpha value is -2.36. The number of ether oxygens (including phenoxy) is 2. The molecule has 0 aromatic carbocycles. The second-order valence-electron chi connectivity index (χ2n) is 4.71. The fraction of sp³-hybridized carbons (Fsp3) is 0.462. The normalized spacial score (nSPS) is 18.6. The van der Waals surface area contributed by atoms with Gasteiger partial charge in [0, 0.05) is 24.4 Å². The molecule has 2 heterocycles. The Balaban J connectivity index is 2.14. The summed E-state index contributed by atoms with van der Waals surface area (Å²) < 4.78 is 45.9. The van der Waals surface area contributed by atoms with Gasteiger partial charge < -0.3 is 19.5 Å². The van der Waals surface area contributed by atoms with E-state index in [9.17, 15) is 22.8 Å². The second kappa shape index (κ2) is 6.82. The first-order valence-electron chi connectivity index (χ1n) is 6.55. The maximum Gasteiger partial charge on any atom is 0.422 e. The maximum absolute atomic E-state index is 12.4. The number of rotatable bonds is 4. The van der Waals surface area contributed by atoms with Crippen molar-refractivity contribution in [3.8, 4) is 5.88 Å². The molecule has 1 fully saturated rings. The van der Waals surface area contributed by atoms with E-state index in [1.54, 1.807) is 0 Å². The molecule has 1 amide bonds. The largest absolute Gasteiger partial charge is 0.480 e. The summed E-state index contributed by atoms with van der Waals surface area (Å²) >= 11 is 0. The molecule has 1 atom stereocenters. The average molecular weight is 334 g/mol. The van der Waals surface area contributed by atoms with Crippen molar-refractivity contribution < 1.29 is 37.3 Å². The van der Waals surface area contributed by atoms with Gasteiger partial charge in [-0.05, 0) is 6.07 Å². The Morgan fingerprint density at radius 2 is 2.22 bits per heavy atom. The van der Waals surface area contributed by atoms with Crippen molar-refractivity contribution in [2.75, 3.05) is 26.4 Å². The molecule has 7 nitrogen and oxygen atoms in total. The fourth-order valence-electron chi connectivity index (χ4n) is 1.99. The minimum atomic E-state index is -4.53. The van der Waals surface area contributed by atoms with E-state index in [0.29, 0.717) is 0 Å². The van der Waals surface area contributed by atoms with Gasteiger partial charge in [-0.3, -0.25) is 4.79 Å². The van der Waals surface area contributed by atoms with Crippen LogP contribution >= 0.6 is 0 Å². The molecule has 10 heteroatoms. The molecule has 1 aromatic rings. The van der Waals surface area contributed by atoms with E-state index in [1.165, 1.54) is 6.07 Å². The number of hydrogen-bond donors (Lipinski definition) is 1. The van der Waals surface area contributed by atoms with Gasteiger partial charge in [0.25, 0.3) is 5.91 Å². The van der Waals surface area contributed by atoms with Crippen molar-refractivity contribution in [3.63, 3.8) is 0 Å². The molecule has 126 valence electrons. The Labute approximate surface area is 128 Å². The van der Waals surface area contributed by atoms with Crippen molar-refractivity contribution in [3.05, 3.63) is 23.9 Å². The number of alkyl halides is 3. The van der Waals surface area contributed by atoms with E-state index in [2.05, 4.69) is 9.72 Å². The number of carboxylic acids is 1. The van der Waals surface area contributed by atoms with Crippen LogP contribution in [0.25, 0.3) is 0 Å². The zero-order valence-corrected chi connectivity index (χ0v) is 11.7. The highest BCUT2D eigenvalue weighted by molar-refractivity contribution is 5.96. The third-order valence-electron chi connectivity index (χ3n) is 3.04. The van der Waals surface area contributed by atoms with Crippen LogP contribution in [0.2, 0.25) is 0 Å². The number of halogens is 3. The van der Waals surface area contributed by atoms with Gasteiger partial charge in [0.05, 0.1) is 13.2 Å². The smallest absolute Gasteiger partial charge is 0.422 e. The molecule has 0 radical (unpaired) electrons. The van der Waals surface area contributed by atoms with Crippen molar-refractivity contribution >= 4 is 11.9 Å². The number of carbonyl (C=O) groups is 2. The Morgan fingerprint density at radius 3 is 2.87 bits per heavy atom. The summed E-state index contributed by atoms with van der Waals surface area (Å²) in [4.78, 5) is 28.2. The van der Waals surface area contributed by atoms with Gasteiger partial charge in [-0.15, -0.1) is 0 Å². The molecule has 23 heavy (non-hydrogen) atoms. The molecular formula is C13H13F3N2O5. The van der Waals surface area contributed by atoms with E-state index >= 15 is 0 Å². The molecule has 1 unspecified atom stereocenters. The average Bonchev–Trinajstić information content (AvgIpc) is 2.52. The Bertz CT molecular complexity index is 593. The molecule has 1 saturated heterocycles. The predicted octanol–water partition coefficient (Wildman–Crippen LogP) is 0.948. The molecule has 1 aliphatic rings. The van der Waals surface area contributed by atoms with Gasteiger partial charge in [0.15, 0.2) is 12.6 Å². The third-order valence-corrected chi connectivity index (χ3v) is 3.04. The molecule has 0 saturated carbocycles. The molecule has 2 rings (SSSR count).